The SMILES string of the molecule is COc1cccc(NC(N)=NCc2ccccc2CS(=O)(=O)NC(C)C)c1. The lowest BCUT2D eigenvalue weighted by molar-refractivity contribution is 0.415. The van der Waals surface area contributed by atoms with Gasteiger partial charge in [-0.05, 0) is 37.1 Å². The van der Waals surface area contributed by atoms with Gasteiger partial charge >= 0.3 is 0 Å². The molecule has 2 aromatic carbocycles. The van der Waals surface area contributed by atoms with E-state index in [-0.39, 0.29) is 24.3 Å². The number of nitrogens with one attached hydrogen (secondary N) is 2. The fraction of sp³-hybridized carbons (Fsp3) is 0.316. The number of rotatable bonds is 8. The van der Waals surface area contributed by atoms with Gasteiger partial charge in [-0.25, -0.2) is 18.1 Å². The van der Waals surface area contributed by atoms with Crippen molar-refractivity contribution in [3.63, 3.8) is 0 Å². The Labute approximate surface area is 160 Å². The number of anilines is 1. The van der Waals surface area contributed by atoms with Gasteiger partial charge in [-0.15, -0.1) is 0 Å². The number of nitrogens with two attached hydrogens (primary N) is 1. The lowest BCUT2D eigenvalue weighted by Gasteiger charge is -2.12. The topological polar surface area (TPSA) is 106 Å². The molecule has 2 rings (SSSR count). The second-order valence-corrected chi connectivity index (χ2v) is 8.11. The second-order valence-electron chi connectivity index (χ2n) is 6.36. The number of ether oxygens (including phenoxy) is 1. The molecule has 0 spiro atoms. The third kappa shape index (κ3) is 6.92. The zero-order valence-electron chi connectivity index (χ0n) is 15.8. The number of nitrogens with zero attached hydrogens (tertiary/aromatic N) is 1. The minimum absolute atomic E-state index is 0.0971. The van der Waals surface area contributed by atoms with Gasteiger partial charge in [-0.2, -0.15) is 0 Å². The van der Waals surface area contributed by atoms with Crippen LogP contribution in [-0.4, -0.2) is 27.5 Å². The second kappa shape index (κ2) is 9.38. The van der Waals surface area contributed by atoms with Gasteiger partial charge in [0.05, 0.1) is 19.4 Å². The Hall–Kier alpha value is -2.58. The summed E-state index contributed by atoms with van der Waals surface area (Å²) in [5.41, 5.74) is 8.22. The lowest BCUT2D eigenvalue weighted by Crippen LogP contribution is -2.31. The summed E-state index contributed by atoms with van der Waals surface area (Å²) < 4.78 is 32.2. The van der Waals surface area contributed by atoms with Crippen LogP contribution in [0.4, 0.5) is 5.69 Å². The smallest absolute Gasteiger partial charge is 0.216 e. The molecule has 0 fully saturated rings. The fourth-order valence-electron chi connectivity index (χ4n) is 2.52. The maximum atomic E-state index is 12.2. The highest BCUT2D eigenvalue weighted by Crippen LogP contribution is 2.17. The Bertz CT molecular complexity index is 895. The fourth-order valence-corrected chi connectivity index (χ4v) is 4.01. The predicted molar refractivity (Wildman–Crippen MR) is 109 cm³/mol. The van der Waals surface area contributed by atoms with Crippen molar-refractivity contribution in [3.8, 4) is 5.75 Å². The number of hydrogen-bond donors (Lipinski definition) is 3. The Balaban J connectivity index is 2.09. The highest BCUT2D eigenvalue weighted by Gasteiger charge is 2.15. The molecule has 0 bridgehead atoms. The quantitative estimate of drug-likeness (QED) is 0.474. The van der Waals surface area contributed by atoms with Crippen LogP contribution in [0.25, 0.3) is 0 Å². The van der Waals surface area contributed by atoms with Gasteiger partial charge in [0.1, 0.15) is 5.75 Å². The van der Waals surface area contributed by atoms with Crippen molar-refractivity contribution in [2.75, 3.05) is 12.4 Å². The molecular formula is C19H26N4O3S. The first kappa shape index (κ1) is 20.7. The van der Waals surface area contributed by atoms with Crippen LogP contribution >= 0.6 is 0 Å². The third-order valence-electron chi connectivity index (χ3n) is 3.64. The van der Waals surface area contributed by atoms with Crippen LogP contribution in [0.2, 0.25) is 0 Å². The molecule has 8 heteroatoms. The molecule has 0 aliphatic heterocycles. The first-order chi connectivity index (χ1) is 12.8. The van der Waals surface area contributed by atoms with Gasteiger partial charge in [-0.1, -0.05) is 30.3 Å². The average molecular weight is 391 g/mol. The number of methoxy groups -OCH3 is 1. The molecule has 0 atom stereocenters. The Kier molecular flexibility index (Phi) is 7.20. The number of hydrogen-bond acceptors (Lipinski definition) is 4. The van der Waals surface area contributed by atoms with E-state index in [1.165, 1.54) is 0 Å². The van der Waals surface area contributed by atoms with Crippen LogP contribution in [0, 0.1) is 0 Å². The van der Waals surface area contributed by atoms with Crippen molar-refractivity contribution in [3.05, 3.63) is 59.7 Å². The normalized spacial score (nSPS) is 12.2. The molecule has 0 radical (unpaired) electrons. The van der Waals surface area contributed by atoms with E-state index >= 15 is 0 Å². The maximum absolute atomic E-state index is 12.2. The Morgan fingerprint density at radius 1 is 1.15 bits per heavy atom. The van der Waals surface area contributed by atoms with E-state index in [0.717, 1.165) is 11.3 Å². The summed E-state index contributed by atoms with van der Waals surface area (Å²) in [5.74, 6) is 0.849. The van der Waals surface area contributed by atoms with Crippen LogP contribution in [-0.2, 0) is 22.3 Å². The molecule has 0 amide bonds. The van der Waals surface area contributed by atoms with Gasteiger partial charge in [0.25, 0.3) is 0 Å². The predicted octanol–water partition coefficient (Wildman–Crippen LogP) is 2.45. The van der Waals surface area contributed by atoms with Gasteiger partial charge in [-0.3, -0.25) is 0 Å². The summed E-state index contributed by atoms with van der Waals surface area (Å²) in [5, 5.41) is 3.00. The molecule has 0 aliphatic carbocycles. The van der Waals surface area contributed by atoms with Crippen molar-refractivity contribution in [1.29, 1.82) is 0 Å². The van der Waals surface area contributed by atoms with E-state index in [1.54, 1.807) is 33.1 Å². The van der Waals surface area contributed by atoms with Crippen molar-refractivity contribution in [2.24, 2.45) is 10.7 Å². The molecular weight excluding hydrogens is 364 g/mol. The third-order valence-corrected chi connectivity index (χ3v) is 5.16. The highest BCUT2D eigenvalue weighted by molar-refractivity contribution is 7.88. The monoisotopic (exact) mass is 390 g/mol. The minimum atomic E-state index is -3.41. The Morgan fingerprint density at radius 2 is 1.85 bits per heavy atom. The first-order valence-electron chi connectivity index (χ1n) is 8.57. The first-order valence-corrected chi connectivity index (χ1v) is 10.2. The van der Waals surface area contributed by atoms with Gasteiger partial charge in [0.2, 0.25) is 10.0 Å². The number of aliphatic imine (C=N–C) groups is 1. The molecule has 0 saturated carbocycles. The number of sulfonamides is 1. The van der Waals surface area contributed by atoms with E-state index in [2.05, 4.69) is 15.0 Å². The summed E-state index contributed by atoms with van der Waals surface area (Å²) in [7, 11) is -1.82. The van der Waals surface area contributed by atoms with Crippen LogP contribution in [0.15, 0.2) is 53.5 Å². The molecule has 0 unspecified atom stereocenters. The zero-order valence-corrected chi connectivity index (χ0v) is 16.6. The largest absolute Gasteiger partial charge is 0.497 e. The van der Waals surface area contributed by atoms with Crippen molar-refractivity contribution in [2.45, 2.75) is 32.2 Å². The molecule has 4 N–H and O–H groups in total. The summed E-state index contributed by atoms with van der Waals surface area (Å²) in [6.45, 7) is 3.85. The number of guanidine groups is 1. The van der Waals surface area contributed by atoms with Gasteiger partial charge < -0.3 is 15.8 Å². The van der Waals surface area contributed by atoms with Crippen LogP contribution < -0.4 is 20.5 Å². The van der Waals surface area contributed by atoms with E-state index in [4.69, 9.17) is 10.5 Å². The van der Waals surface area contributed by atoms with E-state index in [9.17, 15) is 8.42 Å². The van der Waals surface area contributed by atoms with E-state index in [0.29, 0.717) is 11.3 Å². The van der Waals surface area contributed by atoms with Crippen LogP contribution in [0.1, 0.15) is 25.0 Å². The summed E-state index contributed by atoms with van der Waals surface area (Å²) >= 11 is 0. The summed E-state index contributed by atoms with van der Waals surface area (Å²) in [6, 6.07) is 14.5. The standard InChI is InChI=1S/C19H26N4O3S/c1-14(2)23-27(24,25)13-16-8-5-4-7-15(16)12-21-19(20)22-17-9-6-10-18(11-17)26-3/h4-11,14,23H,12-13H2,1-3H3,(H3,20,21,22). The average Bonchev–Trinajstić information content (AvgIpc) is 2.59. The summed E-state index contributed by atoms with van der Waals surface area (Å²) in [4.78, 5) is 4.32. The lowest BCUT2D eigenvalue weighted by atomic mass is 10.1. The Morgan fingerprint density at radius 3 is 2.52 bits per heavy atom. The molecule has 0 aliphatic rings. The molecule has 0 saturated heterocycles. The van der Waals surface area contributed by atoms with E-state index < -0.39 is 10.0 Å². The molecule has 7 nitrogen and oxygen atoms in total. The molecule has 27 heavy (non-hydrogen) atoms. The molecule has 0 aromatic heterocycles. The summed E-state index contributed by atoms with van der Waals surface area (Å²) in [6.07, 6.45) is 0. The van der Waals surface area contributed by atoms with E-state index in [1.807, 2.05) is 36.4 Å². The highest BCUT2D eigenvalue weighted by atomic mass is 32.2. The zero-order chi connectivity index (χ0) is 19.9. The van der Waals surface area contributed by atoms with Gasteiger partial charge in [0, 0.05) is 17.8 Å². The minimum Gasteiger partial charge on any atom is -0.497 e. The van der Waals surface area contributed by atoms with Crippen LogP contribution in [0.3, 0.4) is 0 Å². The molecule has 2 aromatic rings. The number of benzene rings is 2. The molecule has 146 valence electrons. The van der Waals surface area contributed by atoms with Crippen molar-refractivity contribution >= 4 is 21.7 Å². The van der Waals surface area contributed by atoms with Crippen molar-refractivity contribution in [1.82, 2.24) is 4.72 Å². The van der Waals surface area contributed by atoms with Gasteiger partial charge in [0.15, 0.2) is 5.96 Å². The molecule has 0 heterocycles. The maximum Gasteiger partial charge on any atom is 0.216 e. The van der Waals surface area contributed by atoms with Crippen LogP contribution in [0.5, 0.6) is 5.75 Å². The van der Waals surface area contributed by atoms with Crippen molar-refractivity contribution < 1.29 is 13.2 Å².